The first-order valence-electron chi connectivity index (χ1n) is 8.82. The van der Waals surface area contributed by atoms with Gasteiger partial charge in [0.25, 0.3) is 0 Å². The number of ether oxygens (including phenoxy) is 1. The molecule has 5 rings (SSSR count). The highest BCUT2D eigenvalue weighted by molar-refractivity contribution is 5.62. The molecule has 5 heteroatoms. The first-order valence-corrected chi connectivity index (χ1v) is 8.82. The standard InChI is InChI=1S/C19H24N2O3/c1-10(2)21-8-7-18-15-11-3-4-13(22)16(15)24-17(18)12(20)5-6-19(18,23)14(21)9-11/h3-4,12,14,17,22-23H,1,5-9,20H2,2H3/t12?,14?,17-,18+,19?/m1/s1. The Labute approximate surface area is 141 Å². The molecule has 2 bridgehead atoms. The summed E-state index contributed by atoms with van der Waals surface area (Å²) < 4.78 is 6.21. The summed E-state index contributed by atoms with van der Waals surface area (Å²) in [5, 5.41) is 22.3. The van der Waals surface area contributed by atoms with Crippen LogP contribution in [0.25, 0.3) is 0 Å². The molecule has 0 radical (unpaired) electrons. The minimum Gasteiger partial charge on any atom is -0.504 e. The van der Waals surface area contributed by atoms with Gasteiger partial charge in [0.1, 0.15) is 6.10 Å². The van der Waals surface area contributed by atoms with Crippen molar-refractivity contribution in [2.75, 3.05) is 6.54 Å². The number of allylic oxidation sites excluding steroid dienone is 1. The summed E-state index contributed by atoms with van der Waals surface area (Å²) in [6.45, 7) is 6.98. The van der Waals surface area contributed by atoms with E-state index in [-0.39, 0.29) is 23.9 Å². The van der Waals surface area contributed by atoms with Crippen molar-refractivity contribution in [1.29, 1.82) is 0 Å². The van der Waals surface area contributed by atoms with Crippen molar-refractivity contribution in [3.05, 3.63) is 35.5 Å². The van der Waals surface area contributed by atoms with E-state index in [1.807, 2.05) is 13.0 Å². The zero-order chi connectivity index (χ0) is 16.9. The molecule has 1 spiro atoms. The number of phenols is 1. The number of nitrogens with two attached hydrogens (primary N) is 1. The normalized spacial score (nSPS) is 41.6. The third-order valence-electron chi connectivity index (χ3n) is 7.00. The number of piperidine rings is 1. The lowest BCUT2D eigenvalue weighted by atomic mass is 9.48. The van der Waals surface area contributed by atoms with Crippen molar-refractivity contribution in [3.8, 4) is 11.5 Å². The number of nitrogens with zero attached hydrogens (tertiary/aromatic N) is 1. The Hall–Kier alpha value is -1.72. The van der Waals surface area contributed by atoms with E-state index in [2.05, 4.69) is 11.5 Å². The van der Waals surface area contributed by atoms with E-state index < -0.39 is 11.0 Å². The number of hydrogen-bond acceptors (Lipinski definition) is 5. The Bertz CT molecular complexity index is 763. The molecule has 2 fully saturated rings. The van der Waals surface area contributed by atoms with E-state index in [0.717, 1.165) is 37.1 Å². The zero-order valence-electron chi connectivity index (χ0n) is 14.0. The third-order valence-corrected chi connectivity index (χ3v) is 7.00. The predicted molar refractivity (Wildman–Crippen MR) is 90.0 cm³/mol. The molecule has 0 amide bonds. The average molecular weight is 328 g/mol. The maximum absolute atomic E-state index is 11.9. The maximum atomic E-state index is 11.9. The molecule has 2 aliphatic carbocycles. The number of aliphatic hydroxyl groups is 1. The topological polar surface area (TPSA) is 79.0 Å². The molecule has 3 unspecified atom stereocenters. The summed E-state index contributed by atoms with van der Waals surface area (Å²) in [5.41, 5.74) is 8.20. The van der Waals surface area contributed by atoms with Gasteiger partial charge in [0.15, 0.2) is 11.5 Å². The fourth-order valence-corrected chi connectivity index (χ4v) is 6.04. The summed E-state index contributed by atoms with van der Waals surface area (Å²) in [6, 6.07) is 3.56. The Morgan fingerprint density at radius 1 is 1.42 bits per heavy atom. The third kappa shape index (κ3) is 1.37. The van der Waals surface area contributed by atoms with Crippen LogP contribution in [0.15, 0.2) is 24.4 Å². The van der Waals surface area contributed by atoms with Gasteiger partial charge in [-0.15, -0.1) is 0 Å². The predicted octanol–water partition coefficient (Wildman–Crippen LogP) is 1.41. The zero-order valence-corrected chi connectivity index (χ0v) is 14.0. The highest BCUT2D eigenvalue weighted by Crippen LogP contribution is 2.65. The summed E-state index contributed by atoms with van der Waals surface area (Å²) in [7, 11) is 0. The summed E-state index contributed by atoms with van der Waals surface area (Å²) in [6.07, 6.45) is 2.64. The van der Waals surface area contributed by atoms with Crippen LogP contribution in [0.5, 0.6) is 11.5 Å². The van der Waals surface area contributed by atoms with Crippen LogP contribution in [0.1, 0.15) is 37.3 Å². The molecule has 0 aromatic heterocycles. The Morgan fingerprint density at radius 3 is 2.96 bits per heavy atom. The van der Waals surface area contributed by atoms with Crippen molar-refractivity contribution in [3.63, 3.8) is 0 Å². The molecule has 1 aromatic rings. The van der Waals surface area contributed by atoms with Gasteiger partial charge in [-0.25, -0.2) is 0 Å². The van der Waals surface area contributed by atoms with Gasteiger partial charge in [0.2, 0.25) is 0 Å². The number of likely N-dealkylation sites (tertiary alicyclic amines) is 1. The van der Waals surface area contributed by atoms with Crippen molar-refractivity contribution in [2.24, 2.45) is 5.73 Å². The lowest BCUT2D eigenvalue weighted by molar-refractivity contribution is -0.182. The largest absolute Gasteiger partial charge is 0.504 e. The molecule has 5 atom stereocenters. The van der Waals surface area contributed by atoms with E-state index in [9.17, 15) is 10.2 Å². The fraction of sp³-hybridized carbons (Fsp3) is 0.579. The fourth-order valence-electron chi connectivity index (χ4n) is 6.04. The van der Waals surface area contributed by atoms with E-state index >= 15 is 0 Å². The van der Waals surface area contributed by atoms with Crippen LogP contribution in [-0.2, 0) is 11.8 Å². The second-order valence-corrected chi connectivity index (χ2v) is 7.98. The molecule has 1 saturated carbocycles. The van der Waals surface area contributed by atoms with Gasteiger partial charge in [0.05, 0.1) is 17.1 Å². The molecular weight excluding hydrogens is 304 g/mol. The highest BCUT2D eigenvalue weighted by atomic mass is 16.5. The smallest absolute Gasteiger partial charge is 0.165 e. The molecular formula is C19H24N2O3. The molecule has 128 valence electrons. The monoisotopic (exact) mass is 328 g/mol. The number of phenolic OH excluding ortho intramolecular Hbond substituents is 1. The Morgan fingerprint density at radius 2 is 2.21 bits per heavy atom. The molecule has 4 N–H and O–H groups in total. The molecule has 5 nitrogen and oxygen atoms in total. The van der Waals surface area contributed by atoms with Crippen LogP contribution in [-0.4, -0.2) is 45.4 Å². The summed E-state index contributed by atoms with van der Waals surface area (Å²) >= 11 is 0. The van der Waals surface area contributed by atoms with Gasteiger partial charge in [-0.1, -0.05) is 12.6 Å². The van der Waals surface area contributed by atoms with Crippen LogP contribution >= 0.6 is 0 Å². The number of benzene rings is 1. The number of aromatic hydroxyl groups is 1. The van der Waals surface area contributed by atoms with Crippen molar-refractivity contribution >= 4 is 0 Å². The Kier molecular flexibility index (Phi) is 2.60. The van der Waals surface area contributed by atoms with Crippen molar-refractivity contribution in [1.82, 2.24) is 4.90 Å². The number of rotatable bonds is 1. The molecule has 2 aliphatic heterocycles. The van der Waals surface area contributed by atoms with E-state index in [1.165, 1.54) is 5.56 Å². The summed E-state index contributed by atoms with van der Waals surface area (Å²) in [4.78, 5) is 2.26. The van der Waals surface area contributed by atoms with Crippen molar-refractivity contribution in [2.45, 2.75) is 61.8 Å². The van der Waals surface area contributed by atoms with E-state index in [0.29, 0.717) is 12.2 Å². The Balaban J connectivity index is 1.81. The molecule has 4 aliphatic rings. The van der Waals surface area contributed by atoms with E-state index in [1.54, 1.807) is 6.07 Å². The molecule has 1 saturated heterocycles. The second kappa shape index (κ2) is 4.27. The first-order chi connectivity index (χ1) is 11.4. The quantitative estimate of drug-likeness (QED) is 0.726. The lowest BCUT2D eigenvalue weighted by Gasteiger charge is -2.64. The highest BCUT2D eigenvalue weighted by Gasteiger charge is 2.72. The lowest BCUT2D eigenvalue weighted by Crippen LogP contribution is -2.77. The van der Waals surface area contributed by atoms with Gasteiger partial charge in [-0.3, -0.25) is 0 Å². The van der Waals surface area contributed by atoms with Gasteiger partial charge >= 0.3 is 0 Å². The van der Waals surface area contributed by atoms with Crippen LogP contribution in [0.3, 0.4) is 0 Å². The van der Waals surface area contributed by atoms with Gasteiger partial charge < -0.3 is 25.6 Å². The van der Waals surface area contributed by atoms with Crippen LogP contribution in [0.2, 0.25) is 0 Å². The number of hydrogen-bond donors (Lipinski definition) is 3. The van der Waals surface area contributed by atoms with Crippen LogP contribution in [0.4, 0.5) is 0 Å². The van der Waals surface area contributed by atoms with Gasteiger partial charge in [-0.05, 0) is 44.2 Å². The van der Waals surface area contributed by atoms with Crippen molar-refractivity contribution < 1.29 is 14.9 Å². The van der Waals surface area contributed by atoms with Gasteiger partial charge in [-0.2, -0.15) is 0 Å². The maximum Gasteiger partial charge on any atom is 0.165 e. The van der Waals surface area contributed by atoms with Crippen LogP contribution < -0.4 is 10.5 Å². The minimum absolute atomic E-state index is 0.00894. The average Bonchev–Trinajstić information content (AvgIpc) is 2.88. The van der Waals surface area contributed by atoms with Gasteiger partial charge in [0, 0.05) is 23.8 Å². The molecule has 24 heavy (non-hydrogen) atoms. The van der Waals surface area contributed by atoms with Crippen LogP contribution in [0, 0.1) is 0 Å². The van der Waals surface area contributed by atoms with E-state index in [4.69, 9.17) is 10.5 Å². The summed E-state index contributed by atoms with van der Waals surface area (Å²) in [5.74, 6) is 0.711. The molecule has 2 heterocycles. The minimum atomic E-state index is -0.892. The SMILES string of the molecule is C=C(C)N1CC[C@]23c4c5ccc(O)c4O[C@@H]2C(N)CCC3(O)C1C5. The first kappa shape index (κ1) is 14.6. The molecule has 1 aromatic carbocycles. The second-order valence-electron chi connectivity index (χ2n) is 7.98.